The molecule has 0 aromatic carbocycles. The zero-order valence-electron chi connectivity index (χ0n) is 4.19. The average Bonchev–Trinajstić information content (AvgIpc) is 1.73. The molecule has 44 valence electrons. The molecule has 0 aromatic rings. The van der Waals surface area contributed by atoms with E-state index in [0.717, 1.165) is 6.41 Å². The van der Waals surface area contributed by atoms with E-state index < -0.39 is 0 Å². The molecule has 0 aliphatic carbocycles. The van der Waals surface area contributed by atoms with Crippen LogP contribution in [0.5, 0.6) is 0 Å². The lowest BCUT2D eigenvalue weighted by atomic mass is 11.0. The molecule has 0 N–H and O–H groups in total. The van der Waals surface area contributed by atoms with Gasteiger partial charge in [-0.1, -0.05) is 0 Å². The molecule has 0 saturated carbocycles. The number of carbonyl (C=O) groups excluding carboxylic acids is 1. The third-order valence-corrected chi connectivity index (χ3v) is 0.211. The Bertz CT molecular complexity index is 39.9. The zero-order chi connectivity index (χ0) is 6.28. The summed E-state index contributed by atoms with van der Waals surface area (Å²) < 4.78 is 0. The summed E-state index contributed by atoms with van der Waals surface area (Å²) in [5, 5.41) is 0. The number of nitrogens with zero attached hydrogens (tertiary/aromatic N) is 1. The Morgan fingerprint density at radius 3 is 1.57 bits per heavy atom. The Hall–Kier alpha value is 0.430. The van der Waals surface area contributed by atoms with E-state index in [-0.39, 0.29) is 0 Å². The fourth-order valence-corrected chi connectivity index (χ4v) is 0. The van der Waals surface area contributed by atoms with Crippen molar-refractivity contribution in [2.75, 3.05) is 14.1 Å². The van der Waals surface area contributed by atoms with Crippen LogP contribution in [0.1, 0.15) is 0 Å². The van der Waals surface area contributed by atoms with Crippen molar-refractivity contribution in [2.24, 2.45) is 0 Å². The van der Waals surface area contributed by atoms with Crippen molar-refractivity contribution in [3.05, 3.63) is 0 Å². The molecule has 0 fully saturated rings. The topological polar surface area (TPSA) is 20.3 Å². The van der Waals surface area contributed by atoms with Crippen LogP contribution in [0.3, 0.4) is 0 Å². The highest BCUT2D eigenvalue weighted by atomic mass is 80.9. The first kappa shape index (κ1) is 10.4. The van der Waals surface area contributed by atoms with Gasteiger partial charge < -0.3 is 4.90 Å². The molecule has 0 unspecified atom stereocenters. The molecule has 7 heavy (non-hydrogen) atoms. The third kappa shape index (κ3) is 21.4. The highest BCUT2D eigenvalue weighted by Gasteiger charge is 1.68. The first-order valence-corrected chi connectivity index (χ1v) is 5.25. The summed E-state index contributed by atoms with van der Waals surface area (Å²) in [5.74, 6) is 0. The molecule has 0 radical (unpaired) electrons. The maximum absolute atomic E-state index is 9.43. The van der Waals surface area contributed by atoms with Crippen LogP contribution in [0.25, 0.3) is 0 Å². The van der Waals surface area contributed by atoms with Gasteiger partial charge in [-0.2, -0.15) is 0 Å². The van der Waals surface area contributed by atoms with E-state index >= 15 is 0 Å². The van der Waals surface area contributed by atoms with Crippen LogP contribution < -0.4 is 0 Å². The zero-order valence-corrected chi connectivity index (χ0v) is 7.36. The summed E-state index contributed by atoms with van der Waals surface area (Å²) in [6.45, 7) is 0. The molecule has 0 saturated heterocycles. The standard InChI is InChI=1S/C3H7NO.Br2/c1-4(2)3-5;1-2/h3H,1-2H3;. The number of halogens is 2. The Kier molecular flexibility index (Phi) is 14.4. The highest BCUT2D eigenvalue weighted by molar-refractivity contribution is 9.93. The van der Waals surface area contributed by atoms with Crippen molar-refractivity contribution in [2.45, 2.75) is 0 Å². The first-order valence-electron chi connectivity index (χ1n) is 1.53. The minimum Gasteiger partial charge on any atom is -0.351 e. The molecular formula is C3H7Br2NO. The predicted octanol–water partition coefficient (Wildman–Crippen LogP) is 1.40. The van der Waals surface area contributed by atoms with Crippen LogP contribution in [-0.2, 0) is 4.79 Å². The van der Waals surface area contributed by atoms with E-state index in [0.29, 0.717) is 0 Å². The lowest BCUT2D eigenvalue weighted by Crippen LogP contribution is -2.06. The van der Waals surface area contributed by atoms with Gasteiger partial charge in [0.05, 0.1) is 0 Å². The van der Waals surface area contributed by atoms with Gasteiger partial charge >= 0.3 is 0 Å². The molecular weight excluding hydrogens is 226 g/mol. The summed E-state index contributed by atoms with van der Waals surface area (Å²) in [7, 11) is 3.38. The third-order valence-electron chi connectivity index (χ3n) is 0.211. The maximum Gasteiger partial charge on any atom is 0.209 e. The second-order valence-corrected chi connectivity index (χ2v) is 1.07. The normalized spacial score (nSPS) is 5.71. The summed E-state index contributed by atoms with van der Waals surface area (Å²) in [4.78, 5) is 10.9. The molecule has 0 rings (SSSR count). The number of rotatable bonds is 1. The number of hydrogen-bond donors (Lipinski definition) is 0. The maximum atomic E-state index is 9.43. The highest BCUT2D eigenvalue weighted by Crippen LogP contribution is 1.85. The second-order valence-electron chi connectivity index (χ2n) is 1.07. The van der Waals surface area contributed by atoms with Crippen molar-refractivity contribution in [3.63, 3.8) is 0 Å². The molecule has 0 aliphatic rings. The van der Waals surface area contributed by atoms with Gasteiger partial charge in [-0.05, 0) is 0 Å². The van der Waals surface area contributed by atoms with Crippen molar-refractivity contribution >= 4 is 34.7 Å². The lowest BCUT2D eigenvalue weighted by molar-refractivity contribution is -0.115. The molecule has 0 atom stereocenters. The quantitative estimate of drug-likeness (QED) is 0.626. The molecule has 0 aromatic heterocycles. The van der Waals surface area contributed by atoms with Gasteiger partial charge in [0.1, 0.15) is 0 Å². The monoisotopic (exact) mass is 231 g/mol. The van der Waals surface area contributed by atoms with Gasteiger partial charge in [0.2, 0.25) is 6.41 Å². The van der Waals surface area contributed by atoms with Crippen molar-refractivity contribution in [1.82, 2.24) is 4.90 Å². The summed E-state index contributed by atoms with van der Waals surface area (Å²) in [6, 6.07) is 0. The van der Waals surface area contributed by atoms with Gasteiger partial charge in [-0.25, -0.2) is 0 Å². The van der Waals surface area contributed by atoms with Crippen LogP contribution in [0.4, 0.5) is 0 Å². The molecule has 1 amide bonds. The Morgan fingerprint density at radius 1 is 1.43 bits per heavy atom. The van der Waals surface area contributed by atoms with Crippen LogP contribution in [-0.4, -0.2) is 25.4 Å². The second kappa shape index (κ2) is 9.66. The molecule has 0 aliphatic heterocycles. The minimum absolute atomic E-state index is 0.750. The number of amides is 1. The molecule has 0 bridgehead atoms. The minimum atomic E-state index is 0.750. The van der Waals surface area contributed by atoms with Crippen molar-refractivity contribution in [3.8, 4) is 0 Å². The SMILES string of the molecule is BrBr.CN(C)C=O. The van der Waals surface area contributed by atoms with E-state index in [2.05, 4.69) is 28.3 Å². The van der Waals surface area contributed by atoms with Crippen LogP contribution in [0.2, 0.25) is 0 Å². The molecule has 2 nitrogen and oxygen atoms in total. The van der Waals surface area contributed by atoms with Gasteiger partial charge in [0, 0.05) is 42.4 Å². The van der Waals surface area contributed by atoms with Gasteiger partial charge in [-0.15, -0.1) is 0 Å². The predicted molar refractivity (Wildman–Crippen MR) is 37.6 cm³/mol. The van der Waals surface area contributed by atoms with Crippen LogP contribution in [0, 0.1) is 0 Å². The van der Waals surface area contributed by atoms with Gasteiger partial charge in [0.25, 0.3) is 0 Å². The van der Waals surface area contributed by atoms with Crippen LogP contribution >= 0.6 is 28.3 Å². The first-order chi connectivity index (χ1) is 3.27. The Balaban J connectivity index is 0. The van der Waals surface area contributed by atoms with E-state index in [1.807, 2.05) is 0 Å². The van der Waals surface area contributed by atoms with E-state index in [1.54, 1.807) is 14.1 Å². The van der Waals surface area contributed by atoms with Crippen molar-refractivity contribution < 1.29 is 4.79 Å². The molecule has 4 heteroatoms. The summed E-state index contributed by atoms with van der Waals surface area (Å²) in [6.07, 6.45) is 0.750. The average molecular weight is 233 g/mol. The van der Waals surface area contributed by atoms with E-state index in [4.69, 9.17) is 0 Å². The Labute approximate surface area is 58.7 Å². The lowest BCUT2D eigenvalue weighted by Gasteiger charge is -1.93. The van der Waals surface area contributed by atoms with Gasteiger partial charge in [0.15, 0.2) is 0 Å². The largest absolute Gasteiger partial charge is 0.351 e. The van der Waals surface area contributed by atoms with Gasteiger partial charge in [-0.3, -0.25) is 4.79 Å². The fourth-order valence-electron chi connectivity index (χ4n) is 0. The van der Waals surface area contributed by atoms with Crippen LogP contribution in [0.15, 0.2) is 0 Å². The Morgan fingerprint density at radius 2 is 1.57 bits per heavy atom. The summed E-state index contributed by atoms with van der Waals surface area (Å²) >= 11 is 5.50. The molecule has 0 heterocycles. The fraction of sp³-hybridized carbons (Fsp3) is 0.667. The van der Waals surface area contributed by atoms with Crippen molar-refractivity contribution in [1.29, 1.82) is 0 Å². The summed E-state index contributed by atoms with van der Waals surface area (Å²) in [5.41, 5.74) is 0. The smallest absolute Gasteiger partial charge is 0.209 e. The number of hydrogen-bond acceptors (Lipinski definition) is 1. The molecule has 0 spiro atoms. The number of carbonyl (C=O) groups is 1. The van der Waals surface area contributed by atoms with E-state index in [9.17, 15) is 4.79 Å². The van der Waals surface area contributed by atoms with E-state index in [1.165, 1.54) is 4.90 Å².